The number of fused-ring (bicyclic) bond motifs is 2. The van der Waals surface area contributed by atoms with Crippen LogP contribution in [0.2, 0.25) is 0 Å². The molecule has 21 heavy (non-hydrogen) atoms. The van der Waals surface area contributed by atoms with Gasteiger partial charge in [0.2, 0.25) is 5.91 Å². The molecule has 1 aromatic rings. The Morgan fingerprint density at radius 2 is 1.81 bits per heavy atom. The molecular weight excluding hydrogens is 270 g/mol. The van der Waals surface area contributed by atoms with Gasteiger partial charge < -0.3 is 4.90 Å². The molecule has 2 aliphatic rings. The Morgan fingerprint density at radius 1 is 1.10 bits per heavy atom. The van der Waals surface area contributed by atoms with Gasteiger partial charge in [-0.2, -0.15) is 0 Å². The van der Waals surface area contributed by atoms with Gasteiger partial charge in [0.15, 0.2) is 0 Å². The highest BCUT2D eigenvalue weighted by Gasteiger charge is 2.41. The van der Waals surface area contributed by atoms with E-state index in [1.54, 1.807) is 22.6 Å². The summed E-state index contributed by atoms with van der Waals surface area (Å²) in [5, 5.41) is 0. The van der Waals surface area contributed by atoms with Gasteiger partial charge in [-0.15, -0.1) is 0 Å². The highest BCUT2D eigenvalue weighted by Crippen LogP contribution is 2.39. The molecule has 2 heterocycles. The van der Waals surface area contributed by atoms with Crippen molar-refractivity contribution in [3.8, 4) is 0 Å². The second kappa shape index (κ2) is 4.86. The van der Waals surface area contributed by atoms with E-state index in [1.165, 1.54) is 7.05 Å². The first-order valence-electron chi connectivity index (χ1n) is 7.44. The van der Waals surface area contributed by atoms with E-state index in [2.05, 4.69) is 0 Å². The van der Waals surface area contributed by atoms with Crippen LogP contribution < -0.4 is 11.2 Å². The van der Waals surface area contributed by atoms with Crippen LogP contribution in [-0.4, -0.2) is 33.0 Å². The molecular formula is C15H21N3O3. The molecule has 1 saturated carbocycles. The number of nitrogens with zero attached hydrogens (tertiary/aromatic N) is 3. The molecule has 0 radical (unpaired) electrons. The number of carbonyl (C=O) groups excluding carboxylic acids is 1. The molecule has 0 N–H and O–H groups in total. The van der Waals surface area contributed by atoms with Crippen molar-refractivity contribution in [2.24, 2.45) is 13.0 Å². The quantitative estimate of drug-likeness (QED) is 0.753. The maximum absolute atomic E-state index is 12.4. The van der Waals surface area contributed by atoms with Crippen LogP contribution in [0.25, 0.3) is 0 Å². The summed E-state index contributed by atoms with van der Waals surface area (Å²) in [7, 11) is 3.33. The first kappa shape index (κ1) is 14.1. The smallest absolute Gasteiger partial charge is 0.331 e. The van der Waals surface area contributed by atoms with Gasteiger partial charge in [-0.3, -0.25) is 18.7 Å². The molecule has 1 amide bonds. The number of likely N-dealkylation sites (tertiary alicyclic amines) is 1. The first-order chi connectivity index (χ1) is 9.90. The van der Waals surface area contributed by atoms with E-state index in [4.69, 9.17) is 0 Å². The lowest BCUT2D eigenvalue weighted by molar-refractivity contribution is -0.140. The fourth-order valence-electron chi connectivity index (χ4n) is 3.80. The summed E-state index contributed by atoms with van der Waals surface area (Å²) in [6.07, 6.45) is 5.07. The zero-order chi connectivity index (χ0) is 15.3. The molecule has 1 saturated heterocycles. The Hall–Kier alpha value is -1.85. The fraction of sp³-hybridized carbons (Fsp3) is 0.667. The zero-order valence-electron chi connectivity index (χ0n) is 12.7. The average molecular weight is 291 g/mol. The first-order valence-corrected chi connectivity index (χ1v) is 7.44. The van der Waals surface area contributed by atoms with Crippen molar-refractivity contribution in [1.29, 1.82) is 0 Å². The van der Waals surface area contributed by atoms with E-state index in [-0.39, 0.29) is 29.2 Å². The molecule has 6 heteroatoms. The molecule has 6 nitrogen and oxygen atoms in total. The van der Waals surface area contributed by atoms with Crippen molar-refractivity contribution >= 4 is 5.91 Å². The molecule has 0 unspecified atom stereocenters. The minimum atomic E-state index is -0.291. The van der Waals surface area contributed by atoms with E-state index in [9.17, 15) is 14.4 Å². The van der Waals surface area contributed by atoms with E-state index in [0.717, 1.165) is 23.8 Å². The molecule has 1 aromatic heterocycles. The number of carbonyl (C=O) groups is 1. The Bertz CT molecular complexity index is 703. The molecule has 1 aliphatic carbocycles. The van der Waals surface area contributed by atoms with Gasteiger partial charge in [0.05, 0.1) is 12.1 Å². The monoisotopic (exact) mass is 291 g/mol. The number of likely N-dealkylation sites (N-methyl/N-ethyl adjacent to an activating group) is 1. The lowest BCUT2D eigenvalue weighted by Crippen LogP contribution is -2.53. The highest BCUT2D eigenvalue weighted by molar-refractivity contribution is 5.77. The molecule has 3 rings (SSSR count). The predicted molar refractivity (Wildman–Crippen MR) is 78.2 cm³/mol. The average Bonchev–Trinajstić information content (AvgIpc) is 2.47. The molecule has 2 bridgehead atoms. The number of rotatable bonds is 1. The van der Waals surface area contributed by atoms with Crippen molar-refractivity contribution in [3.63, 3.8) is 0 Å². The second-order valence-corrected chi connectivity index (χ2v) is 6.39. The maximum Gasteiger partial charge on any atom is 0.331 e. The Kier molecular flexibility index (Phi) is 3.26. The van der Waals surface area contributed by atoms with Crippen LogP contribution >= 0.6 is 0 Å². The Morgan fingerprint density at radius 3 is 2.52 bits per heavy atom. The lowest BCUT2D eigenvalue weighted by atomic mass is 9.76. The third-order valence-electron chi connectivity index (χ3n) is 5.08. The van der Waals surface area contributed by atoms with Crippen LogP contribution in [0.5, 0.6) is 0 Å². The van der Waals surface area contributed by atoms with E-state index < -0.39 is 0 Å². The highest BCUT2D eigenvalue weighted by atomic mass is 16.2. The number of aromatic nitrogens is 2. The van der Waals surface area contributed by atoms with Crippen molar-refractivity contribution in [2.75, 3.05) is 7.05 Å². The van der Waals surface area contributed by atoms with E-state index in [0.29, 0.717) is 17.9 Å². The molecule has 0 aromatic carbocycles. The molecule has 3 atom stereocenters. The second-order valence-electron chi connectivity index (χ2n) is 6.39. The van der Waals surface area contributed by atoms with Crippen LogP contribution in [0.3, 0.4) is 0 Å². The summed E-state index contributed by atoms with van der Waals surface area (Å²) in [5.41, 5.74) is 0.0162. The van der Waals surface area contributed by atoms with Gasteiger partial charge in [-0.05, 0) is 32.1 Å². The number of hydrogen-bond donors (Lipinski definition) is 0. The number of piperidine rings is 1. The molecule has 114 valence electrons. The summed E-state index contributed by atoms with van der Waals surface area (Å²) in [6, 6.07) is 0.0214. The third kappa shape index (κ3) is 2.13. The van der Waals surface area contributed by atoms with Gasteiger partial charge in [0, 0.05) is 32.3 Å². The zero-order valence-corrected chi connectivity index (χ0v) is 12.7. The standard InChI is InChI=1S/C15H21N3O3/c1-9-8-18(15(21)17(3)14(9)20)11-5-4-10-6-12(11)16(2)13(19)7-10/h8,10-12H,4-7H2,1-3H3/t10-,11-,12+/m1/s1. The number of amides is 1. The number of aryl methyl sites for hydroxylation is 1. The molecule has 2 fully saturated rings. The summed E-state index contributed by atoms with van der Waals surface area (Å²) < 4.78 is 2.82. The Labute approximate surface area is 123 Å². The topological polar surface area (TPSA) is 64.3 Å². The fourth-order valence-corrected chi connectivity index (χ4v) is 3.80. The van der Waals surface area contributed by atoms with Crippen molar-refractivity contribution in [3.05, 3.63) is 32.6 Å². The van der Waals surface area contributed by atoms with Crippen LogP contribution in [0.1, 0.15) is 37.3 Å². The van der Waals surface area contributed by atoms with Gasteiger partial charge in [0.25, 0.3) is 5.56 Å². The van der Waals surface area contributed by atoms with Crippen LogP contribution in [0.15, 0.2) is 15.8 Å². The minimum Gasteiger partial charge on any atom is -0.341 e. The van der Waals surface area contributed by atoms with Gasteiger partial charge >= 0.3 is 5.69 Å². The summed E-state index contributed by atoms with van der Waals surface area (Å²) in [6.45, 7) is 1.72. The predicted octanol–water partition coefficient (Wildman–Crippen LogP) is 0.427. The van der Waals surface area contributed by atoms with E-state index in [1.807, 2.05) is 7.05 Å². The van der Waals surface area contributed by atoms with Gasteiger partial charge in [-0.1, -0.05) is 0 Å². The normalized spacial score (nSPS) is 28.8. The van der Waals surface area contributed by atoms with Gasteiger partial charge in [0.1, 0.15) is 0 Å². The van der Waals surface area contributed by atoms with Crippen molar-refractivity contribution in [1.82, 2.24) is 14.0 Å². The molecule has 1 aliphatic heterocycles. The lowest BCUT2D eigenvalue weighted by Gasteiger charge is -2.46. The van der Waals surface area contributed by atoms with Crippen molar-refractivity contribution in [2.45, 2.75) is 44.7 Å². The van der Waals surface area contributed by atoms with Crippen LogP contribution in [-0.2, 0) is 11.8 Å². The van der Waals surface area contributed by atoms with Gasteiger partial charge in [-0.25, -0.2) is 4.79 Å². The maximum atomic E-state index is 12.4. The largest absolute Gasteiger partial charge is 0.341 e. The number of hydrogen-bond acceptors (Lipinski definition) is 3. The van der Waals surface area contributed by atoms with Crippen LogP contribution in [0.4, 0.5) is 0 Å². The van der Waals surface area contributed by atoms with Crippen molar-refractivity contribution < 1.29 is 4.79 Å². The summed E-state index contributed by atoms with van der Waals surface area (Å²) in [4.78, 5) is 38.1. The molecule has 0 spiro atoms. The van der Waals surface area contributed by atoms with Crippen LogP contribution in [0, 0.1) is 12.8 Å². The SMILES string of the molecule is Cc1cn([C@@H]2CC[C@H]3CC(=O)N(C)[C@H]2C3)c(=O)n(C)c1=O. The van der Waals surface area contributed by atoms with E-state index >= 15 is 0 Å². The summed E-state index contributed by atoms with van der Waals surface area (Å²) in [5.74, 6) is 0.606. The third-order valence-corrected chi connectivity index (χ3v) is 5.08. The minimum absolute atomic E-state index is 0.0338. The Balaban J connectivity index is 2.07. The summed E-state index contributed by atoms with van der Waals surface area (Å²) >= 11 is 0.